The van der Waals surface area contributed by atoms with Gasteiger partial charge in [-0.2, -0.15) is 0 Å². The predicted molar refractivity (Wildman–Crippen MR) is 115 cm³/mol. The number of imidazole rings is 1. The zero-order chi connectivity index (χ0) is 22.8. The monoisotopic (exact) mass is 443 g/mol. The van der Waals surface area contributed by atoms with Crippen molar-refractivity contribution in [3.63, 3.8) is 0 Å². The molecule has 1 N–H and O–H groups in total. The summed E-state index contributed by atoms with van der Waals surface area (Å²) in [6.07, 6.45) is 7.30. The van der Waals surface area contributed by atoms with Crippen LogP contribution in [0.15, 0.2) is 15.9 Å². The van der Waals surface area contributed by atoms with Gasteiger partial charge in [-0.15, -0.1) is 0 Å². The molecule has 10 heteroatoms. The minimum absolute atomic E-state index is 0.136. The lowest BCUT2D eigenvalue weighted by Gasteiger charge is -2.57. The summed E-state index contributed by atoms with van der Waals surface area (Å²) in [5.41, 5.74) is -0.855. The van der Waals surface area contributed by atoms with Crippen molar-refractivity contribution < 1.29 is 14.3 Å². The number of nitrogens with zero attached hydrogens (tertiary/aromatic N) is 4. The van der Waals surface area contributed by atoms with Gasteiger partial charge in [-0.3, -0.25) is 23.5 Å². The Morgan fingerprint density at radius 3 is 2.31 bits per heavy atom. The first kappa shape index (κ1) is 21.0. The highest BCUT2D eigenvalue weighted by Gasteiger charge is 2.51. The lowest BCUT2D eigenvalue weighted by atomic mass is 9.53. The number of ether oxygens (including phenoxy) is 1. The normalized spacial score (nSPS) is 29.3. The average Bonchev–Trinajstić information content (AvgIpc) is 3.12. The number of carbonyl (C=O) groups is 2. The number of amides is 1. The molecule has 0 spiro atoms. The van der Waals surface area contributed by atoms with Crippen LogP contribution in [0.3, 0.4) is 0 Å². The van der Waals surface area contributed by atoms with Crippen molar-refractivity contribution >= 4 is 23.0 Å². The van der Waals surface area contributed by atoms with Gasteiger partial charge < -0.3 is 14.6 Å². The van der Waals surface area contributed by atoms with E-state index >= 15 is 0 Å². The molecule has 6 rings (SSSR count). The Labute approximate surface area is 184 Å². The number of esters is 1. The second-order valence-corrected chi connectivity index (χ2v) is 10.1. The Bertz CT molecular complexity index is 1190. The van der Waals surface area contributed by atoms with Crippen LogP contribution in [-0.4, -0.2) is 42.2 Å². The molecule has 10 nitrogen and oxygen atoms in total. The second kappa shape index (κ2) is 7.31. The first-order valence-corrected chi connectivity index (χ1v) is 11.3. The zero-order valence-electron chi connectivity index (χ0n) is 18.7. The van der Waals surface area contributed by atoms with E-state index in [4.69, 9.17) is 4.74 Å². The minimum Gasteiger partial charge on any atom is -0.451 e. The fourth-order valence-electron chi connectivity index (χ4n) is 6.57. The van der Waals surface area contributed by atoms with E-state index in [-0.39, 0.29) is 29.2 Å². The van der Waals surface area contributed by atoms with Crippen molar-refractivity contribution in [3.8, 4) is 0 Å². The highest BCUT2D eigenvalue weighted by Crippen LogP contribution is 2.55. The Morgan fingerprint density at radius 2 is 1.72 bits per heavy atom. The molecule has 2 heterocycles. The van der Waals surface area contributed by atoms with E-state index in [1.807, 2.05) is 0 Å². The molecular weight excluding hydrogens is 414 g/mol. The van der Waals surface area contributed by atoms with Crippen molar-refractivity contribution in [3.05, 3.63) is 27.2 Å². The molecule has 2 aromatic heterocycles. The first-order chi connectivity index (χ1) is 15.2. The van der Waals surface area contributed by atoms with E-state index in [0.717, 1.165) is 23.8 Å². The summed E-state index contributed by atoms with van der Waals surface area (Å²) in [5.74, 6) is 1.19. The van der Waals surface area contributed by atoms with E-state index in [0.29, 0.717) is 17.8 Å². The molecule has 1 amide bonds. The van der Waals surface area contributed by atoms with Gasteiger partial charge in [0.05, 0.1) is 6.33 Å². The molecule has 0 radical (unpaired) electrons. The van der Waals surface area contributed by atoms with Gasteiger partial charge in [0.2, 0.25) is 0 Å². The molecule has 32 heavy (non-hydrogen) atoms. The number of aromatic nitrogens is 4. The van der Waals surface area contributed by atoms with E-state index in [1.165, 1.54) is 48.8 Å². The van der Waals surface area contributed by atoms with E-state index < -0.39 is 23.3 Å². The molecule has 0 saturated heterocycles. The van der Waals surface area contributed by atoms with Crippen LogP contribution in [0.25, 0.3) is 11.2 Å². The Morgan fingerprint density at radius 1 is 1.12 bits per heavy atom. The maximum absolute atomic E-state index is 12.9. The molecule has 4 aliphatic rings. The molecule has 0 aromatic carbocycles. The molecular formula is C22H29N5O5. The van der Waals surface area contributed by atoms with Gasteiger partial charge in [0.1, 0.15) is 6.54 Å². The molecule has 0 unspecified atom stereocenters. The molecule has 4 fully saturated rings. The van der Waals surface area contributed by atoms with Crippen LogP contribution >= 0.6 is 0 Å². The third-order valence-electron chi connectivity index (χ3n) is 7.62. The highest BCUT2D eigenvalue weighted by molar-refractivity contribution is 5.84. The number of hydrogen-bond donors (Lipinski definition) is 1. The molecule has 4 bridgehead atoms. The average molecular weight is 444 g/mol. The highest BCUT2D eigenvalue weighted by atomic mass is 16.5. The van der Waals surface area contributed by atoms with Gasteiger partial charge in [-0.1, -0.05) is 0 Å². The van der Waals surface area contributed by atoms with E-state index in [1.54, 1.807) is 6.92 Å². The molecule has 4 aliphatic carbocycles. The quantitative estimate of drug-likeness (QED) is 0.671. The number of aryl methyl sites for hydroxylation is 1. The second-order valence-electron chi connectivity index (χ2n) is 10.1. The van der Waals surface area contributed by atoms with Gasteiger partial charge in [-0.25, -0.2) is 9.78 Å². The van der Waals surface area contributed by atoms with E-state index in [2.05, 4.69) is 10.3 Å². The third-order valence-corrected chi connectivity index (χ3v) is 7.62. The number of fused-ring (bicyclic) bond motifs is 1. The van der Waals surface area contributed by atoms with Crippen molar-refractivity contribution in [1.29, 1.82) is 0 Å². The lowest BCUT2D eigenvalue weighted by Crippen LogP contribution is -2.61. The number of carbonyl (C=O) groups excluding carboxylic acids is 2. The van der Waals surface area contributed by atoms with Crippen LogP contribution < -0.4 is 16.6 Å². The van der Waals surface area contributed by atoms with Gasteiger partial charge in [0.15, 0.2) is 17.3 Å². The van der Waals surface area contributed by atoms with Crippen LogP contribution in [0.5, 0.6) is 0 Å². The summed E-state index contributed by atoms with van der Waals surface area (Å²) in [5, 5.41) is 3.22. The minimum atomic E-state index is -0.933. The van der Waals surface area contributed by atoms with Crippen molar-refractivity contribution in [2.24, 2.45) is 31.8 Å². The standard InChI is InChI=1S/C22H29N5O5/c1-12(19(29)24-22-7-13-4-14(8-22)6-15(5-13)9-22)32-16(28)10-27-11-23-18-17(27)20(30)26(3)21(31)25(18)2/h11-15H,4-10H2,1-3H3,(H,24,29)/t12-,13?,14?,15?,22?/m1/s1. The molecule has 2 aromatic rings. The summed E-state index contributed by atoms with van der Waals surface area (Å²) in [7, 11) is 2.88. The summed E-state index contributed by atoms with van der Waals surface area (Å²) in [6.45, 7) is 1.29. The lowest BCUT2D eigenvalue weighted by molar-refractivity contribution is -0.157. The summed E-state index contributed by atoms with van der Waals surface area (Å²) < 4.78 is 8.96. The van der Waals surface area contributed by atoms with Crippen LogP contribution in [0, 0.1) is 17.8 Å². The fourth-order valence-corrected chi connectivity index (χ4v) is 6.57. The summed E-state index contributed by atoms with van der Waals surface area (Å²) in [4.78, 5) is 54.1. The fraction of sp³-hybridized carbons (Fsp3) is 0.682. The van der Waals surface area contributed by atoms with Crippen LogP contribution in [0.1, 0.15) is 45.4 Å². The van der Waals surface area contributed by atoms with Gasteiger partial charge in [0.25, 0.3) is 11.5 Å². The Balaban J connectivity index is 1.26. The number of rotatable bonds is 5. The first-order valence-electron chi connectivity index (χ1n) is 11.3. The number of nitrogens with one attached hydrogen (secondary N) is 1. The Kier molecular flexibility index (Phi) is 4.79. The van der Waals surface area contributed by atoms with Crippen molar-refractivity contribution in [2.45, 2.75) is 63.6 Å². The molecule has 1 atom stereocenters. The van der Waals surface area contributed by atoms with Crippen LogP contribution in [0.4, 0.5) is 0 Å². The SMILES string of the molecule is C[C@@H](OC(=O)Cn1cnc2c1c(=O)n(C)c(=O)n2C)C(=O)NC12CC3CC(CC(C3)C1)C2. The summed E-state index contributed by atoms with van der Waals surface area (Å²) >= 11 is 0. The van der Waals surface area contributed by atoms with Crippen molar-refractivity contribution in [2.75, 3.05) is 0 Å². The van der Waals surface area contributed by atoms with Gasteiger partial charge in [-0.05, 0) is 63.2 Å². The summed E-state index contributed by atoms with van der Waals surface area (Å²) in [6, 6.07) is 0. The molecule has 4 saturated carbocycles. The van der Waals surface area contributed by atoms with Crippen LogP contribution in [0.2, 0.25) is 0 Å². The largest absolute Gasteiger partial charge is 0.451 e. The number of hydrogen-bond acceptors (Lipinski definition) is 6. The van der Waals surface area contributed by atoms with Gasteiger partial charge >= 0.3 is 11.7 Å². The Hall–Kier alpha value is -2.91. The maximum Gasteiger partial charge on any atom is 0.332 e. The topological polar surface area (TPSA) is 117 Å². The smallest absolute Gasteiger partial charge is 0.332 e. The van der Waals surface area contributed by atoms with Crippen LogP contribution in [-0.2, 0) is 35.0 Å². The van der Waals surface area contributed by atoms with E-state index in [9.17, 15) is 19.2 Å². The van der Waals surface area contributed by atoms with Crippen molar-refractivity contribution in [1.82, 2.24) is 24.0 Å². The van der Waals surface area contributed by atoms with Gasteiger partial charge in [0, 0.05) is 19.6 Å². The zero-order valence-corrected chi connectivity index (χ0v) is 18.7. The third kappa shape index (κ3) is 3.36. The predicted octanol–water partition coefficient (Wildman–Crippen LogP) is 0.450. The maximum atomic E-state index is 12.9. The molecule has 172 valence electrons. The molecule has 0 aliphatic heterocycles.